The van der Waals surface area contributed by atoms with Gasteiger partial charge >= 0.3 is 0 Å². The van der Waals surface area contributed by atoms with Crippen LogP contribution < -0.4 is 0 Å². The van der Waals surface area contributed by atoms with E-state index in [0.717, 1.165) is 13.0 Å². The van der Waals surface area contributed by atoms with Gasteiger partial charge in [-0.05, 0) is 6.42 Å². The number of hydrogen-bond donors (Lipinski definition) is 1. The molecule has 0 radical (unpaired) electrons. The van der Waals surface area contributed by atoms with E-state index in [9.17, 15) is 0 Å². The van der Waals surface area contributed by atoms with Gasteiger partial charge in [0.15, 0.2) is 0 Å². The maximum atomic E-state index is 8.61. The molecule has 0 aromatic rings. The van der Waals surface area contributed by atoms with Crippen molar-refractivity contribution < 1.29 is 99.8 Å². The van der Waals surface area contributed by atoms with Crippen LogP contribution in [0.3, 0.4) is 0 Å². The van der Waals surface area contributed by atoms with Crippen LogP contribution in [0, 0.1) is 0 Å². The standard InChI is InChI=1S/C50H102O21/c1-2-3-4-5-6-7-8-9-11-52-13-15-54-17-19-56-21-23-58-25-27-60-29-31-62-33-35-64-37-39-66-41-43-68-45-47-70-49-50-71-48-46-69-44-42-67-40-38-65-36-34-63-32-30-61-28-26-59-24-22-57-20-18-55-16-14-53-12-10-51/h51H,2-50H2,1H3. The van der Waals surface area contributed by atoms with Gasteiger partial charge in [0.25, 0.3) is 0 Å². The summed E-state index contributed by atoms with van der Waals surface area (Å²) < 4.78 is 110. The first-order chi connectivity index (χ1) is 35.4. The van der Waals surface area contributed by atoms with Crippen LogP contribution in [0.15, 0.2) is 0 Å². The maximum absolute atomic E-state index is 8.61. The van der Waals surface area contributed by atoms with Gasteiger partial charge in [0.1, 0.15) is 0 Å². The van der Waals surface area contributed by atoms with Crippen LogP contribution in [-0.2, 0) is 94.7 Å². The second-order valence-corrected chi connectivity index (χ2v) is 15.4. The third-order valence-corrected chi connectivity index (χ3v) is 9.45. The lowest BCUT2D eigenvalue weighted by atomic mass is 10.1. The Hall–Kier alpha value is -0.840. The van der Waals surface area contributed by atoms with Crippen molar-refractivity contribution in [2.24, 2.45) is 0 Å². The number of unbranched alkanes of at least 4 members (excludes halogenated alkanes) is 7. The molecule has 0 amide bonds. The lowest BCUT2D eigenvalue weighted by molar-refractivity contribution is -0.0315. The Bertz CT molecular complexity index is 837. The van der Waals surface area contributed by atoms with Gasteiger partial charge in [-0.1, -0.05) is 51.9 Å². The van der Waals surface area contributed by atoms with E-state index >= 15 is 0 Å². The van der Waals surface area contributed by atoms with E-state index in [-0.39, 0.29) is 6.61 Å². The Morgan fingerprint density at radius 1 is 0.155 bits per heavy atom. The monoisotopic (exact) mass is 1040 g/mol. The Morgan fingerprint density at radius 3 is 0.437 bits per heavy atom. The first-order valence-corrected chi connectivity index (χ1v) is 26.6. The van der Waals surface area contributed by atoms with Gasteiger partial charge in [-0.15, -0.1) is 0 Å². The number of aliphatic hydroxyl groups excluding tert-OH is 1. The average Bonchev–Trinajstić information content (AvgIpc) is 3.38. The second kappa shape index (κ2) is 69.2. The van der Waals surface area contributed by atoms with Crippen LogP contribution >= 0.6 is 0 Å². The molecule has 0 aromatic heterocycles. The molecule has 21 heteroatoms. The van der Waals surface area contributed by atoms with Crippen LogP contribution in [0.25, 0.3) is 0 Å². The summed E-state index contributed by atoms with van der Waals surface area (Å²) in [5, 5.41) is 8.61. The van der Waals surface area contributed by atoms with Gasteiger partial charge in [0.05, 0.1) is 264 Å². The molecule has 0 aromatic carbocycles. The van der Waals surface area contributed by atoms with Crippen LogP contribution in [0.4, 0.5) is 0 Å². The fraction of sp³-hybridized carbons (Fsp3) is 1.00. The molecular weight excluding hydrogens is 937 g/mol. The van der Waals surface area contributed by atoms with Crippen molar-refractivity contribution in [3.8, 4) is 0 Å². The van der Waals surface area contributed by atoms with E-state index < -0.39 is 0 Å². The topological polar surface area (TPSA) is 205 Å². The Kier molecular flexibility index (Phi) is 68.3. The van der Waals surface area contributed by atoms with Crippen molar-refractivity contribution >= 4 is 0 Å². The number of ether oxygens (including phenoxy) is 20. The van der Waals surface area contributed by atoms with Gasteiger partial charge in [0.2, 0.25) is 0 Å². The van der Waals surface area contributed by atoms with Crippen LogP contribution in [0.2, 0.25) is 0 Å². The Morgan fingerprint density at radius 2 is 0.282 bits per heavy atom. The van der Waals surface area contributed by atoms with Crippen molar-refractivity contribution in [1.29, 1.82) is 0 Å². The van der Waals surface area contributed by atoms with E-state index in [4.69, 9.17) is 99.8 Å². The smallest absolute Gasteiger partial charge is 0.0701 e. The van der Waals surface area contributed by atoms with E-state index in [2.05, 4.69) is 6.92 Å². The molecule has 0 aliphatic carbocycles. The lowest BCUT2D eigenvalue weighted by Gasteiger charge is -2.09. The first kappa shape index (κ1) is 70.2. The minimum Gasteiger partial charge on any atom is -0.394 e. The van der Waals surface area contributed by atoms with Gasteiger partial charge < -0.3 is 99.8 Å². The van der Waals surface area contributed by atoms with Crippen molar-refractivity contribution in [3.63, 3.8) is 0 Å². The summed E-state index contributed by atoms with van der Waals surface area (Å²) in [6.07, 6.45) is 10.5. The summed E-state index contributed by atoms with van der Waals surface area (Å²) in [4.78, 5) is 0. The summed E-state index contributed by atoms with van der Waals surface area (Å²) in [7, 11) is 0. The molecule has 0 aliphatic heterocycles. The molecule has 0 aliphatic rings. The van der Waals surface area contributed by atoms with Crippen LogP contribution in [-0.4, -0.2) is 276 Å². The van der Waals surface area contributed by atoms with Gasteiger partial charge in [-0.2, -0.15) is 0 Å². The predicted molar refractivity (Wildman–Crippen MR) is 266 cm³/mol. The summed E-state index contributed by atoms with van der Waals surface area (Å²) in [5.41, 5.74) is 0. The molecule has 0 spiro atoms. The Labute approximate surface area is 428 Å². The predicted octanol–water partition coefficient (Wildman–Crippen LogP) is 3.45. The summed E-state index contributed by atoms with van der Waals surface area (Å²) in [6, 6.07) is 0. The van der Waals surface area contributed by atoms with E-state index in [1.165, 1.54) is 44.9 Å². The fourth-order valence-electron chi connectivity index (χ4n) is 5.68. The molecular formula is C50H102O21. The molecule has 0 saturated carbocycles. The number of aliphatic hydroxyl groups is 1. The SMILES string of the molecule is CCCCCCCCCCOCCOCCOCCOCCOCCOCCOCCOCCOCCOCCOCCOCCOCCOCCOCCOCCOCCOCCOCCOCCO. The second-order valence-electron chi connectivity index (χ2n) is 15.4. The Balaban J connectivity index is 3.07. The molecule has 1 N–H and O–H groups in total. The number of rotatable bonds is 68. The van der Waals surface area contributed by atoms with E-state index in [1.807, 2.05) is 0 Å². The average molecular weight is 1040 g/mol. The van der Waals surface area contributed by atoms with E-state index in [1.54, 1.807) is 0 Å². The quantitative estimate of drug-likeness (QED) is 0.0867. The summed E-state index contributed by atoms with van der Waals surface area (Å²) in [6.45, 7) is 22.7. The van der Waals surface area contributed by atoms with Gasteiger partial charge in [-0.25, -0.2) is 0 Å². The highest BCUT2D eigenvalue weighted by Crippen LogP contribution is 2.08. The third-order valence-electron chi connectivity index (χ3n) is 9.45. The van der Waals surface area contributed by atoms with Gasteiger partial charge in [-0.3, -0.25) is 0 Å². The normalized spacial score (nSPS) is 11.7. The minimum absolute atomic E-state index is 0.0202. The molecule has 0 bridgehead atoms. The zero-order valence-corrected chi connectivity index (χ0v) is 44.3. The highest BCUT2D eigenvalue weighted by molar-refractivity contribution is 4.47. The zero-order chi connectivity index (χ0) is 50.8. The molecule has 71 heavy (non-hydrogen) atoms. The summed E-state index contributed by atoms with van der Waals surface area (Å²) >= 11 is 0. The highest BCUT2D eigenvalue weighted by Gasteiger charge is 2.00. The van der Waals surface area contributed by atoms with Crippen LogP contribution in [0.5, 0.6) is 0 Å². The molecule has 0 saturated heterocycles. The third kappa shape index (κ3) is 69.2. The molecule has 0 heterocycles. The number of hydrogen-bond acceptors (Lipinski definition) is 21. The van der Waals surface area contributed by atoms with Crippen molar-refractivity contribution in [2.45, 2.75) is 58.3 Å². The summed E-state index contributed by atoms with van der Waals surface area (Å²) in [5.74, 6) is 0. The van der Waals surface area contributed by atoms with Gasteiger partial charge in [0, 0.05) is 6.61 Å². The molecule has 0 unspecified atom stereocenters. The highest BCUT2D eigenvalue weighted by atomic mass is 16.6. The fourth-order valence-corrected chi connectivity index (χ4v) is 5.68. The van der Waals surface area contributed by atoms with Crippen molar-refractivity contribution in [2.75, 3.05) is 271 Å². The minimum atomic E-state index is 0.0202. The molecule has 0 rings (SSSR count). The van der Waals surface area contributed by atoms with Crippen molar-refractivity contribution in [1.82, 2.24) is 0 Å². The molecule has 428 valence electrons. The molecule has 0 fully saturated rings. The molecule has 0 atom stereocenters. The van der Waals surface area contributed by atoms with E-state index in [0.29, 0.717) is 258 Å². The maximum Gasteiger partial charge on any atom is 0.0701 e. The van der Waals surface area contributed by atoms with Crippen molar-refractivity contribution in [3.05, 3.63) is 0 Å². The van der Waals surface area contributed by atoms with Crippen LogP contribution in [0.1, 0.15) is 58.3 Å². The molecule has 21 nitrogen and oxygen atoms in total. The lowest BCUT2D eigenvalue weighted by Crippen LogP contribution is -2.16. The first-order valence-electron chi connectivity index (χ1n) is 26.6. The largest absolute Gasteiger partial charge is 0.394 e. The zero-order valence-electron chi connectivity index (χ0n) is 44.3.